The zero-order chi connectivity index (χ0) is 28.1. The Labute approximate surface area is 226 Å². The van der Waals surface area contributed by atoms with E-state index in [1.807, 2.05) is 0 Å². The number of rotatable bonds is 23. The molecule has 0 heterocycles. The molecule has 0 saturated carbocycles. The Morgan fingerprint density at radius 3 is 1.22 bits per heavy atom. The second kappa shape index (κ2) is 21.3. The molecule has 7 heteroatoms. The molecule has 0 saturated heterocycles. The van der Waals surface area contributed by atoms with Crippen LogP contribution in [0, 0.1) is 0 Å². The average Bonchev–Trinajstić information content (AvgIpc) is 2.82. The number of hydrogen-bond donors (Lipinski definition) is 1. The molecule has 37 heavy (non-hydrogen) atoms. The number of esters is 3. The molecule has 3 atom stereocenters. The highest BCUT2D eigenvalue weighted by Gasteiger charge is 2.44. The third-order valence-corrected chi connectivity index (χ3v) is 6.62. The smallest absolute Gasteiger partial charge is 0.339 e. The van der Waals surface area contributed by atoms with Gasteiger partial charge in [-0.25, -0.2) is 4.79 Å². The zero-order valence-corrected chi connectivity index (χ0v) is 24.6. The molecule has 0 aliphatic rings. The monoisotopic (exact) mass is 528 g/mol. The van der Waals surface area contributed by atoms with Gasteiger partial charge in [0.1, 0.15) is 0 Å². The quantitative estimate of drug-likeness (QED) is 0.0850. The van der Waals surface area contributed by atoms with Gasteiger partial charge >= 0.3 is 17.9 Å². The minimum Gasteiger partial charge on any atom is -0.463 e. The molecular weight excluding hydrogens is 472 g/mol. The van der Waals surface area contributed by atoms with Gasteiger partial charge < -0.3 is 19.3 Å². The SMILES string of the molecule is CCCCCCC(C)OC(=O)CC(O)(CC(=O)OC(C)CCCCCC)C(=O)OC(C)CCCCCC. The molecular formula is C30H56O7. The lowest BCUT2D eigenvalue weighted by atomic mass is 9.95. The fourth-order valence-electron chi connectivity index (χ4n) is 4.26. The summed E-state index contributed by atoms with van der Waals surface area (Å²) in [4.78, 5) is 38.3. The van der Waals surface area contributed by atoms with E-state index >= 15 is 0 Å². The maximum Gasteiger partial charge on any atom is 0.339 e. The average molecular weight is 529 g/mol. The summed E-state index contributed by atoms with van der Waals surface area (Å²) in [7, 11) is 0. The van der Waals surface area contributed by atoms with Crippen LogP contribution in [-0.4, -0.2) is 46.9 Å². The first-order chi connectivity index (χ1) is 17.6. The van der Waals surface area contributed by atoms with Crippen LogP contribution in [-0.2, 0) is 28.6 Å². The third-order valence-electron chi connectivity index (χ3n) is 6.62. The summed E-state index contributed by atoms with van der Waals surface area (Å²) in [5.74, 6) is -2.42. The van der Waals surface area contributed by atoms with Gasteiger partial charge in [0.2, 0.25) is 0 Å². The van der Waals surface area contributed by atoms with E-state index in [0.717, 1.165) is 77.0 Å². The lowest BCUT2D eigenvalue weighted by Gasteiger charge is -2.27. The van der Waals surface area contributed by atoms with Gasteiger partial charge in [-0.15, -0.1) is 0 Å². The van der Waals surface area contributed by atoms with E-state index < -0.39 is 42.5 Å². The zero-order valence-electron chi connectivity index (χ0n) is 24.6. The molecule has 0 rings (SSSR count). The molecule has 218 valence electrons. The fourth-order valence-corrected chi connectivity index (χ4v) is 4.26. The van der Waals surface area contributed by atoms with Gasteiger partial charge in [0.05, 0.1) is 31.2 Å². The molecule has 0 aliphatic carbocycles. The van der Waals surface area contributed by atoms with Crippen LogP contribution in [0.25, 0.3) is 0 Å². The summed E-state index contributed by atoms with van der Waals surface area (Å²) in [6, 6.07) is 0. The largest absolute Gasteiger partial charge is 0.463 e. The van der Waals surface area contributed by atoms with Gasteiger partial charge in [0.25, 0.3) is 0 Å². The van der Waals surface area contributed by atoms with Crippen LogP contribution >= 0.6 is 0 Å². The molecule has 0 aromatic heterocycles. The maximum absolute atomic E-state index is 13.0. The van der Waals surface area contributed by atoms with Crippen molar-refractivity contribution in [3.63, 3.8) is 0 Å². The molecule has 0 aromatic carbocycles. The van der Waals surface area contributed by atoms with Gasteiger partial charge in [-0.1, -0.05) is 78.6 Å². The molecule has 1 N–H and O–H groups in total. The number of carbonyl (C=O) groups is 3. The third kappa shape index (κ3) is 18.3. The summed E-state index contributed by atoms with van der Waals surface area (Å²) in [5.41, 5.74) is -2.32. The van der Waals surface area contributed by atoms with Crippen LogP contribution in [0.2, 0.25) is 0 Å². The van der Waals surface area contributed by atoms with E-state index in [1.54, 1.807) is 20.8 Å². The number of aliphatic hydroxyl groups is 1. The Balaban J connectivity index is 5.12. The van der Waals surface area contributed by atoms with E-state index in [1.165, 1.54) is 0 Å². The Hall–Kier alpha value is -1.63. The van der Waals surface area contributed by atoms with E-state index in [-0.39, 0.29) is 12.2 Å². The van der Waals surface area contributed by atoms with E-state index in [0.29, 0.717) is 19.3 Å². The molecule has 7 nitrogen and oxygen atoms in total. The van der Waals surface area contributed by atoms with Crippen LogP contribution in [0.3, 0.4) is 0 Å². The molecule has 0 aromatic rings. The fraction of sp³-hybridized carbons (Fsp3) is 0.900. The molecule has 0 spiro atoms. The highest BCUT2D eigenvalue weighted by atomic mass is 16.6. The van der Waals surface area contributed by atoms with E-state index in [2.05, 4.69) is 20.8 Å². The standard InChI is InChI=1S/C30H56O7/c1-7-10-13-16-19-24(4)35-27(31)22-30(34,29(33)37-26(6)21-18-15-12-9-3)23-28(32)36-25(5)20-17-14-11-8-2/h24-26,34H,7-23H2,1-6H3. The number of hydrogen-bond acceptors (Lipinski definition) is 7. The summed E-state index contributed by atoms with van der Waals surface area (Å²) in [6.45, 7) is 11.8. The summed E-state index contributed by atoms with van der Waals surface area (Å²) < 4.78 is 16.4. The van der Waals surface area contributed by atoms with Crippen LogP contribution in [0.5, 0.6) is 0 Å². The first-order valence-electron chi connectivity index (χ1n) is 14.9. The van der Waals surface area contributed by atoms with Crippen LogP contribution in [0.15, 0.2) is 0 Å². The summed E-state index contributed by atoms with van der Waals surface area (Å²) in [6.07, 6.45) is 12.3. The number of unbranched alkanes of at least 4 members (excludes halogenated alkanes) is 9. The van der Waals surface area contributed by atoms with Crippen LogP contribution in [0.4, 0.5) is 0 Å². The highest BCUT2D eigenvalue weighted by molar-refractivity contribution is 5.90. The topological polar surface area (TPSA) is 99.1 Å². The minimum atomic E-state index is -2.32. The van der Waals surface area contributed by atoms with Crippen molar-refractivity contribution in [3.8, 4) is 0 Å². The predicted molar refractivity (Wildman–Crippen MR) is 147 cm³/mol. The normalized spacial score (nSPS) is 15.3. The molecule has 0 radical (unpaired) electrons. The molecule has 0 aliphatic heterocycles. The molecule has 3 unspecified atom stereocenters. The van der Waals surface area contributed by atoms with Gasteiger partial charge in [0, 0.05) is 0 Å². The van der Waals surface area contributed by atoms with Gasteiger partial charge in [-0.3, -0.25) is 9.59 Å². The van der Waals surface area contributed by atoms with Crippen molar-refractivity contribution in [1.82, 2.24) is 0 Å². The van der Waals surface area contributed by atoms with Gasteiger partial charge in [0.15, 0.2) is 5.60 Å². The van der Waals surface area contributed by atoms with Crippen LogP contribution < -0.4 is 0 Å². The van der Waals surface area contributed by atoms with Crippen molar-refractivity contribution in [2.45, 2.75) is 175 Å². The Morgan fingerprint density at radius 2 is 0.892 bits per heavy atom. The minimum absolute atomic E-state index is 0.336. The van der Waals surface area contributed by atoms with Crippen molar-refractivity contribution in [2.24, 2.45) is 0 Å². The first kappa shape index (κ1) is 35.4. The molecule has 0 amide bonds. The highest BCUT2D eigenvalue weighted by Crippen LogP contribution is 2.23. The Bertz CT molecular complexity index is 585. The summed E-state index contributed by atoms with van der Waals surface area (Å²) >= 11 is 0. The maximum atomic E-state index is 13.0. The van der Waals surface area contributed by atoms with Crippen molar-refractivity contribution < 1.29 is 33.7 Å². The summed E-state index contributed by atoms with van der Waals surface area (Å²) in [5, 5.41) is 11.2. The van der Waals surface area contributed by atoms with E-state index in [4.69, 9.17) is 14.2 Å². The van der Waals surface area contributed by atoms with Crippen molar-refractivity contribution >= 4 is 17.9 Å². The molecule has 0 bridgehead atoms. The van der Waals surface area contributed by atoms with Crippen LogP contribution in [0.1, 0.15) is 151 Å². The Kier molecular flexibility index (Phi) is 20.4. The molecule has 0 fully saturated rings. The second-order valence-corrected chi connectivity index (χ2v) is 10.8. The van der Waals surface area contributed by atoms with E-state index in [9.17, 15) is 19.5 Å². The lowest BCUT2D eigenvalue weighted by Crippen LogP contribution is -2.46. The van der Waals surface area contributed by atoms with Crippen molar-refractivity contribution in [3.05, 3.63) is 0 Å². The lowest BCUT2D eigenvalue weighted by molar-refractivity contribution is -0.183. The number of carbonyl (C=O) groups excluding carboxylic acids is 3. The first-order valence-corrected chi connectivity index (χ1v) is 14.9. The van der Waals surface area contributed by atoms with Crippen molar-refractivity contribution in [1.29, 1.82) is 0 Å². The van der Waals surface area contributed by atoms with Crippen molar-refractivity contribution in [2.75, 3.05) is 0 Å². The number of ether oxygens (including phenoxy) is 3. The van der Waals surface area contributed by atoms with Gasteiger partial charge in [-0.2, -0.15) is 0 Å². The Morgan fingerprint density at radius 1 is 0.568 bits per heavy atom. The predicted octanol–water partition coefficient (Wildman–Crippen LogP) is 7.20. The van der Waals surface area contributed by atoms with Gasteiger partial charge in [-0.05, 0) is 59.3 Å². The second-order valence-electron chi connectivity index (χ2n) is 10.8.